The molecule has 24 heavy (non-hydrogen) atoms. The highest BCUT2D eigenvalue weighted by molar-refractivity contribution is 6.11. The average molecular weight is 314 g/mol. The minimum Gasteiger partial charge on any atom is -0.507 e. The van der Waals surface area contributed by atoms with Gasteiger partial charge in [0.15, 0.2) is 0 Å². The maximum atomic E-state index is 10.4. The quantitative estimate of drug-likeness (QED) is 0.391. The first-order chi connectivity index (χ1) is 11.8. The van der Waals surface area contributed by atoms with E-state index in [0.29, 0.717) is 5.71 Å². The van der Waals surface area contributed by atoms with Crippen LogP contribution in [0.25, 0.3) is 5.76 Å². The van der Waals surface area contributed by atoms with Crippen LogP contribution >= 0.6 is 0 Å². The fraction of sp³-hybridized carbons (Fsp3) is 0. The lowest BCUT2D eigenvalue weighted by molar-refractivity contribution is 0.512. The first kappa shape index (κ1) is 15.6. The van der Waals surface area contributed by atoms with E-state index < -0.39 is 0 Å². The van der Waals surface area contributed by atoms with Crippen LogP contribution in [0, 0.1) is 0 Å². The van der Waals surface area contributed by atoms with Gasteiger partial charge in [0.1, 0.15) is 5.76 Å². The number of rotatable bonds is 5. The van der Waals surface area contributed by atoms with Crippen molar-refractivity contribution in [3.63, 3.8) is 0 Å². The van der Waals surface area contributed by atoms with E-state index in [1.807, 2.05) is 91.0 Å². The second-order valence-electron chi connectivity index (χ2n) is 5.24. The summed E-state index contributed by atoms with van der Waals surface area (Å²) in [7, 11) is 0. The molecule has 3 nitrogen and oxygen atoms in total. The lowest BCUT2D eigenvalue weighted by atomic mass is 10.1. The molecule has 0 spiro atoms. The number of allylic oxidation sites excluding steroid dienone is 1. The van der Waals surface area contributed by atoms with E-state index in [9.17, 15) is 5.11 Å². The van der Waals surface area contributed by atoms with Crippen molar-refractivity contribution >= 4 is 17.2 Å². The van der Waals surface area contributed by atoms with Gasteiger partial charge in [0.2, 0.25) is 0 Å². The zero-order valence-electron chi connectivity index (χ0n) is 13.1. The van der Waals surface area contributed by atoms with Crippen molar-refractivity contribution in [1.29, 1.82) is 0 Å². The van der Waals surface area contributed by atoms with Crippen molar-refractivity contribution in [2.45, 2.75) is 0 Å². The monoisotopic (exact) mass is 314 g/mol. The summed E-state index contributed by atoms with van der Waals surface area (Å²) in [5, 5.41) is 14.9. The lowest BCUT2D eigenvalue weighted by Crippen LogP contribution is -2.02. The number of nitrogens with zero attached hydrogens (tertiary/aromatic N) is 1. The maximum Gasteiger partial charge on any atom is 0.125 e. The van der Waals surface area contributed by atoms with Gasteiger partial charge in [0.05, 0.1) is 11.4 Å². The minimum absolute atomic E-state index is 0.174. The highest BCUT2D eigenvalue weighted by Gasteiger charge is 2.04. The molecule has 0 amide bonds. The van der Waals surface area contributed by atoms with E-state index in [1.54, 1.807) is 6.08 Å². The van der Waals surface area contributed by atoms with E-state index in [4.69, 9.17) is 0 Å². The number of nitrogens with one attached hydrogen (secondary N) is 1. The molecular weight excluding hydrogens is 296 g/mol. The van der Waals surface area contributed by atoms with Crippen molar-refractivity contribution in [2.24, 2.45) is 5.10 Å². The summed E-state index contributed by atoms with van der Waals surface area (Å²) in [6.07, 6.45) is 1.67. The molecule has 0 heterocycles. The molecule has 0 aliphatic rings. The highest BCUT2D eigenvalue weighted by Crippen LogP contribution is 2.14. The van der Waals surface area contributed by atoms with Gasteiger partial charge < -0.3 is 5.11 Å². The second kappa shape index (κ2) is 7.79. The van der Waals surface area contributed by atoms with Gasteiger partial charge in [-0.15, -0.1) is 0 Å². The van der Waals surface area contributed by atoms with Crippen LogP contribution < -0.4 is 5.43 Å². The Bertz CT molecular complexity index is 825. The van der Waals surface area contributed by atoms with Crippen molar-refractivity contribution in [3.05, 3.63) is 108 Å². The molecule has 0 unspecified atom stereocenters. The van der Waals surface area contributed by atoms with Crippen molar-refractivity contribution < 1.29 is 5.11 Å². The predicted octanol–water partition coefficient (Wildman–Crippen LogP) is 5.10. The van der Waals surface area contributed by atoms with Crippen LogP contribution in [0.4, 0.5) is 5.69 Å². The highest BCUT2D eigenvalue weighted by atomic mass is 16.3. The van der Waals surface area contributed by atoms with Crippen LogP contribution in [0.2, 0.25) is 0 Å². The van der Waals surface area contributed by atoms with Crippen molar-refractivity contribution in [2.75, 3.05) is 5.43 Å². The Labute approximate surface area is 141 Å². The summed E-state index contributed by atoms with van der Waals surface area (Å²) in [6, 6.07) is 28.9. The van der Waals surface area contributed by atoms with Crippen LogP contribution in [0.1, 0.15) is 11.1 Å². The fourth-order valence-electron chi connectivity index (χ4n) is 2.25. The number of aliphatic hydroxyl groups is 1. The molecule has 0 radical (unpaired) electrons. The number of para-hydroxylation sites is 1. The molecule has 0 atom stereocenters. The normalized spacial score (nSPS) is 12.0. The molecule has 118 valence electrons. The third-order valence-electron chi connectivity index (χ3n) is 3.49. The van der Waals surface area contributed by atoms with E-state index in [0.717, 1.165) is 16.8 Å². The molecule has 3 heteroatoms. The maximum absolute atomic E-state index is 10.4. The molecule has 0 fully saturated rings. The van der Waals surface area contributed by atoms with Gasteiger partial charge in [0.25, 0.3) is 0 Å². The molecular formula is C21H18N2O. The van der Waals surface area contributed by atoms with Gasteiger partial charge in [-0.1, -0.05) is 78.9 Å². The summed E-state index contributed by atoms with van der Waals surface area (Å²) in [5.74, 6) is 0.174. The van der Waals surface area contributed by atoms with Gasteiger partial charge in [-0.05, 0) is 12.1 Å². The number of aliphatic hydroxyl groups excluding tert-OH is 1. The molecule has 0 saturated heterocycles. The van der Waals surface area contributed by atoms with Crippen LogP contribution in [0.3, 0.4) is 0 Å². The molecule has 3 rings (SSSR count). The van der Waals surface area contributed by atoms with Gasteiger partial charge in [0, 0.05) is 17.2 Å². The van der Waals surface area contributed by atoms with Crippen LogP contribution in [0.5, 0.6) is 0 Å². The minimum atomic E-state index is 0.174. The third-order valence-corrected chi connectivity index (χ3v) is 3.49. The Kier molecular flexibility index (Phi) is 5.05. The molecule has 2 N–H and O–H groups in total. The lowest BCUT2D eigenvalue weighted by Gasteiger charge is -2.06. The first-order valence-corrected chi connectivity index (χ1v) is 7.73. The largest absolute Gasteiger partial charge is 0.507 e. The summed E-state index contributed by atoms with van der Waals surface area (Å²) < 4.78 is 0. The van der Waals surface area contributed by atoms with E-state index in [1.165, 1.54) is 0 Å². The Morgan fingerprint density at radius 2 is 1.21 bits per heavy atom. The van der Waals surface area contributed by atoms with Gasteiger partial charge in [-0.3, -0.25) is 5.43 Å². The molecule has 0 aromatic heterocycles. The number of hydrogen-bond donors (Lipinski definition) is 2. The molecule has 0 bridgehead atoms. The Hall–Kier alpha value is -3.33. The molecule has 0 aliphatic carbocycles. The predicted molar refractivity (Wildman–Crippen MR) is 100 cm³/mol. The van der Waals surface area contributed by atoms with Gasteiger partial charge >= 0.3 is 0 Å². The van der Waals surface area contributed by atoms with E-state index >= 15 is 0 Å². The van der Waals surface area contributed by atoms with Crippen LogP contribution in [-0.4, -0.2) is 10.8 Å². The standard InChI is InChI=1S/C21H18N2O/c24-21(18-12-6-2-7-13-18)16-20(17-10-4-1-5-11-17)23-22-19-14-8-3-9-15-19/h1-16,22,24H/b21-16+,23-20+. The summed E-state index contributed by atoms with van der Waals surface area (Å²) in [6.45, 7) is 0. The number of hydrogen-bond acceptors (Lipinski definition) is 3. The van der Waals surface area contributed by atoms with Crippen molar-refractivity contribution in [3.8, 4) is 0 Å². The van der Waals surface area contributed by atoms with E-state index in [-0.39, 0.29) is 5.76 Å². The fourth-order valence-corrected chi connectivity index (χ4v) is 2.25. The van der Waals surface area contributed by atoms with Crippen LogP contribution in [-0.2, 0) is 0 Å². The van der Waals surface area contributed by atoms with Gasteiger partial charge in [-0.25, -0.2) is 0 Å². The van der Waals surface area contributed by atoms with E-state index in [2.05, 4.69) is 10.5 Å². The summed E-state index contributed by atoms with van der Waals surface area (Å²) >= 11 is 0. The van der Waals surface area contributed by atoms with Crippen molar-refractivity contribution in [1.82, 2.24) is 0 Å². The Morgan fingerprint density at radius 3 is 1.79 bits per heavy atom. The first-order valence-electron chi connectivity index (χ1n) is 7.73. The molecule has 3 aromatic rings. The van der Waals surface area contributed by atoms with Crippen LogP contribution in [0.15, 0.2) is 102 Å². The average Bonchev–Trinajstić information content (AvgIpc) is 2.67. The summed E-state index contributed by atoms with van der Waals surface area (Å²) in [5.41, 5.74) is 6.24. The third kappa shape index (κ3) is 4.11. The van der Waals surface area contributed by atoms with Gasteiger partial charge in [-0.2, -0.15) is 5.10 Å². The number of benzene rings is 3. The SMILES string of the molecule is O/C(=C/C(=N\Nc1ccccc1)c1ccccc1)c1ccccc1. The summed E-state index contributed by atoms with van der Waals surface area (Å²) in [4.78, 5) is 0. The number of hydrazone groups is 1. The topological polar surface area (TPSA) is 44.6 Å². The second-order valence-corrected chi connectivity index (χ2v) is 5.24. The molecule has 0 aliphatic heterocycles. The zero-order valence-corrected chi connectivity index (χ0v) is 13.1. The zero-order chi connectivity index (χ0) is 16.6. The smallest absolute Gasteiger partial charge is 0.125 e. The Balaban J connectivity index is 1.94. The Morgan fingerprint density at radius 1 is 0.708 bits per heavy atom. The molecule has 3 aromatic carbocycles. The molecule has 0 saturated carbocycles. The number of anilines is 1.